The highest BCUT2D eigenvalue weighted by atomic mass is 15.1. The number of nitrogens with zero attached hydrogens (tertiary/aromatic N) is 2. The number of hydrogen-bond donors (Lipinski definition) is 2. The summed E-state index contributed by atoms with van der Waals surface area (Å²) >= 11 is 0. The van der Waals surface area contributed by atoms with Crippen LogP contribution in [0.5, 0.6) is 0 Å². The number of nitrogen functional groups attached to an aromatic ring is 1. The molecule has 0 spiro atoms. The van der Waals surface area contributed by atoms with E-state index in [4.69, 9.17) is 5.73 Å². The van der Waals surface area contributed by atoms with Gasteiger partial charge in [0.2, 0.25) is 5.95 Å². The molecule has 0 bridgehead atoms. The Morgan fingerprint density at radius 2 is 1.90 bits per heavy atom. The van der Waals surface area contributed by atoms with Gasteiger partial charge in [-0.15, -0.1) is 0 Å². The van der Waals surface area contributed by atoms with Gasteiger partial charge in [-0.1, -0.05) is 38.1 Å². The van der Waals surface area contributed by atoms with Crippen molar-refractivity contribution in [1.29, 1.82) is 0 Å². The summed E-state index contributed by atoms with van der Waals surface area (Å²) in [6, 6.07) is 10.5. The van der Waals surface area contributed by atoms with E-state index in [1.165, 1.54) is 11.1 Å². The number of nitrogens with one attached hydrogen (secondary N) is 1. The van der Waals surface area contributed by atoms with Crippen molar-refractivity contribution < 1.29 is 0 Å². The van der Waals surface area contributed by atoms with E-state index in [0.29, 0.717) is 17.7 Å². The average Bonchev–Trinajstić information content (AvgIpc) is 2.44. The number of hydrogen-bond acceptors (Lipinski definition) is 4. The predicted octanol–water partition coefficient (Wildman–Crippen LogP) is 3.23. The Kier molecular flexibility index (Phi) is 4.93. The first-order chi connectivity index (χ1) is 9.65. The molecule has 1 aromatic carbocycles. The van der Waals surface area contributed by atoms with E-state index in [-0.39, 0.29) is 0 Å². The minimum absolute atomic E-state index is 0.492. The van der Waals surface area contributed by atoms with Crippen molar-refractivity contribution in [3.05, 3.63) is 47.7 Å². The minimum Gasteiger partial charge on any atom is -0.384 e. The van der Waals surface area contributed by atoms with Crippen LogP contribution in [-0.4, -0.2) is 16.5 Å². The molecule has 0 saturated carbocycles. The van der Waals surface area contributed by atoms with Crippen LogP contribution in [0.4, 0.5) is 11.8 Å². The van der Waals surface area contributed by atoms with Gasteiger partial charge in [0.05, 0.1) is 0 Å². The van der Waals surface area contributed by atoms with Crippen LogP contribution in [0, 0.1) is 0 Å². The summed E-state index contributed by atoms with van der Waals surface area (Å²) in [5.41, 5.74) is 8.36. The number of anilines is 2. The maximum atomic E-state index is 5.60. The van der Waals surface area contributed by atoms with Crippen molar-refractivity contribution in [3.8, 4) is 0 Å². The molecule has 0 aliphatic heterocycles. The van der Waals surface area contributed by atoms with Crippen molar-refractivity contribution in [1.82, 2.24) is 9.97 Å². The standard InChI is InChI=1S/C16H22N4/c1-12(2)14-7-5-13(6-8-14)4-3-10-18-16-19-11-9-15(17)20-16/h5-9,11-12H,3-4,10H2,1-2H3,(H3,17,18,19,20). The fraction of sp³-hybridized carbons (Fsp3) is 0.375. The van der Waals surface area contributed by atoms with Crippen LogP contribution >= 0.6 is 0 Å². The molecule has 2 aromatic rings. The van der Waals surface area contributed by atoms with Crippen LogP contribution in [0.25, 0.3) is 0 Å². The normalized spacial score (nSPS) is 10.8. The van der Waals surface area contributed by atoms with Gasteiger partial charge in [-0.25, -0.2) is 4.98 Å². The highest BCUT2D eigenvalue weighted by Crippen LogP contribution is 2.15. The minimum atomic E-state index is 0.492. The zero-order valence-electron chi connectivity index (χ0n) is 12.1. The lowest BCUT2D eigenvalue weighted by atomic mass is 10.0. The van der Waals surface area contributed by atoms with E-state index in [9.17, 15) is 0 Å². The second-order valence-electron chi connectivity index (χ2n) is 5.23. The number of benzene rings is 1. The van der Waals surface area contributed by atoms with Crippen LogP contribution in [0.3, 0.4) is 0 Å². The molecule has 1 heterocycles. The van der Waals surface area contributed by atoms with E-state index in [1.54, 1.807) is 12.3 Å². The van der Waals surface area contributed by atoms with Crippen molar-refractivity contribution in [2.24, 2.45) is 0 Å². The molecule has 4 nitrogen and oxygen atoms in total. The van der Waals surface area contributed by atoms with Gasteiger partial charge in [-0.2, -0.15) is 4.98 Å². The van der Waals surface area contributed by atoms with Gasteiger partial charge < -0.3 is 11.1 Å². The van der Waals surface area contributed by atoms with E-state index in [2.05, 4.69) is 53.4 Å². The summed E-state index contributed by atoms with van der Waals surface area (Å²) in [4.78, 5) is 8.22. The molecule has 4 heteroatoms. The van der Waals surface area contributed by atoms with Gasteiger partial charge in [0.25, 0.3) is 0 Å². The van der Waals surface area contributed by atoms with E-state index in [1.807, 2.05) is 0 Å². The van der Waals surface area contributed by atoms with Crippen molar-refractivity contribution in [2.75, 3.05) is 17.6 Å². The molecule has 20 heavy (non-hydrogen) atoms. The quantitative estimate of drug-likeness (QED) is 0.791. The molecule has 2 rings (SSSR count). The lowest BCUT2D eigenvalue weighted by Gasteiger charge is -2.07. The third kappa shape index (κ3) is 4.23. The fourth-order valence-corrected chi connectivity index (χ4v) is 2.02. The van der Waals surface area contributed by atoms with E-state index >= 15 is 0 Å². The Balaban J connectivity index is 1.75. The first-order valence-electron chi connectivity index (χ1n) is 7.06. The van der Waals surface area contributed by atoms with Gasteiger partial charge in [0.1, 0.15) is 5.82 Å². The molecule has 0 atom stereocenters. The third-order valence-electron chi connectivity index (χ3n) is 3.25. The van der Waals surface area contributed by atoms with Crippen LogP contribution in [0.1, 0.15) is 37.3 Å². The molecule has 0 radical (unpaired) electrons. The van der Waals surface area contributed by atoms with E-state index < -0.39 is 0 Å². The Morgan fingerprint density at radius 3 is 2.55 bits per heavy atom. The summed E-state index contributed by atoms with van der Waals surface area (Å²) in [7, 11) is 0. The van der Waals surface area contributed by atoms with Gasteiger partial charge in [-0.3, -0.25) is 0 Å². The summed E-state index contributed by atoms with van der Waals surface area (Å²) in [6.07, 6.45) is 3.75. The smallest absolute Gasteiger partial charge is 0.224 e. The van der Waals surface area contributed by atoms with Crippen molar-refractivity contribution in [3.63, 3.8) is 0 Å². The first-order valence-corrected chi connectivity index (χ1v) is 7.06. The van der Waals surface area contributed by atoms with Crippen LogP contribution in [0.15, 0.2) is 36.5 Å². The Morgan fingerprint density at radius 1 is 1.15 bits per heavy atom. The summed E-state index contributed by atoms with van der Waals surface area (Å²) < 4.78 is 0. The Hall–Kier alpha value is -2.10. The fourth-order valence-electron chi connectivity index (χ4n) is 2.02. The molecule has 0 fully saturated rings. The number of rotatable bonds is 6. The molecular formula is C16H22N4. The predicted molar refractivity (Wildman–Crippen MR) is 83.8 cm³/mol. The molecule has 0 unspecified atom stereocenters. The van der Waals surface area contributed by atoms with Crippen LogP contribution in [0.2, 0.25) is 0 Å². The molecule has 0 aliphatic carbocycles. The van der Waals surface area contributed by atoms with Crippen molar-refractivity contribution >= 4 is 11.8 Å². The lowest BCUT2D eigenvalue weighted by molar-refractivity contribution is 0.842. The second kappa shape index (κ2) is 6.89. The van der Waals surface area contributed by atoms with Crippen LogP contribution < -0.4 is 11.1 Å². The summed E-state index contributed by atoms with van der Waals surface area (Å²) in [6.45, 7) is 5.27. The SMILES string of the molecule is CC(C)c1ccc(CCCNc2nccc(N)n2)cc1. The van der Waals surface area contributed by atoms with Gasteiger partial charge >= 0.3 is 0 Å². The van der Waals surface area contributed by atoms with Crippen molar-refractivity contribution in [2.45, 2.75) is 32.6 Å². The van der Waals surface area contributed by atoms with Crippen LogP contribution in [-0.2, 0) is 6.42 Å². The van der Waals surface area contributed by atoms with E-state index in [0.717, 1.165) is 19.4 Å². The molecule has 3 N–H and O–H groups in total. The second-order valence-corrected chi connectivity index (χ2v) is 5.23. The summed E-state index contributed by atoms with van der Waals surface area (Å²) in [5, 5.41) is 3.18. The topological polar surface area (TPSA) is 63.8 Å². The highest BCUT2D eigenvalue weighted by Gasteiger charge is 2.00. The maximum absolute atomic E-state index is 5.60. The molecular weight excluding hydrogens is 248 g/mol. The average molecular weight is 270 g/mol. The van der Waals surface area contributed by atoms with Gasteiger partial charge in [0.15, 0.2) is 0 Å². The highest BCUT2D eigenvalue weighted by molar-refractivity contribution is 5.34. The molecule has 0 saturated heterocycles. The summed E-state index contributed by atoms with van der Waals surface area (Å²) in [5.74, 6) is 1.68. The number of nitrogens with two attached hydrogens (primary N) is 1. The van der Waals surface area contributed by atoms with Gasteiger partial charge in [-0.05, 0) is 36.0 Å². The lowest BCUT2D eigenvalue weighted by Crippen LogP contribution is -2.07. The Bertz CT molecular complexity index is 534. The Labute approximate surface area is 120 Å². The number of aromatic nitrogens is 2. The number of aryl methyl sites for hydroxylation is 1. The maximum Gasteiger partial charge on any atom is 0.224 e. The zero-order valence-corrected chi connectivity index (χ0v) is 12.1. The van der Waals surface area contributed by atoms with Gasteiger partial charge in [0, 0.05) is 12.7 Å². The molecule has 106 valence electrons. The zero-order chi connectivity index (χ0) is 14.4. The molecule has 1 aromatic heterocycles. The monoisotopic (exact) mass is 270 g/mol. The first kappa shape index (κ1) is 14.3. The molecule has 0 amide bonds. The third-order valence-corrected chi connectivity index (χ3v) is 3.25. The molecule has 0 aliphatic rings. The largest absolute Gasteiger partial charge is 0.384 e.